The van der Waals surface area contributed by atoms with Crippen LogP contribution in [0.4, 0.5) is 11.4 Å². The molecule has 1 aliphatic rings. The van der Waals surface area contributed by atoms with Gasteiger partial charge in [-0.1, -0.05) is 0 Å². The summed E-state index contributed by atoms with van der Waals surface area (Å²) in [4.78, 5) is 4.83. The van der Waals surface area contributed by atoms with Crippen molar-refractivity contribution < 1.29 is 11.9 Å². The van der Waals surface area contributed by atoms with Gasteiger partial charge in [-0.3, -0.25) is 0 Å². The van der Waals surface area contributed by atoms with E-state index in [9.17, 15) is 0 Å². The minimum atomic E-state index is -3.38. The normalized spacial score (nSPS) is 14.6. The summed E-state index contributed by atoms with van der Waals surface area (Å²) >= 11 is -3.38. The quantitative estimate of drug-likeness (QED) is 0.295. The van der Waals surface area contributed by atoms with E-state index in [2.05, 4.69) is 104 Å². The molecule has 0 aromatic heterocycles. The van der Waals surface area contributed by atoms with Crippen LogP contribution in [0.3, 0.4) is 0 Å². The predicted molar refractivity (Wildman–Crippen MR) is 149 cm³/mol. The second-order valence-electron chi connectivity index (χ2n) is 9.33. The second-order valence-corrected chi connectivity index (χ2v) is 18.8. The van der Waals surface area contributed by atoms with Crippen molar-refractivity contribution in [2.24, 2.45) is 0 Å². The number of anilines is 2. The summed E-state index contributed by atoms with van der Waals surface area (Å²) in [5, 5.41) is 0. The molecule has 1 saturated heterocycles. The maximum absolute atomic E-state index is 7.41. The fourth-order valence-electron chi connectivity index (χ4n) is 5.23. The molecule has 3 aromatic rings. The van der Waals surface area contributed by atoms with Crippen LogP contribution >= 0.6 is 19.4 Å². The molecule has 0 N–H and O–H groups in total. The van der Waals surface area contributed by atoms with Crippen molar-refractivity contribution >= 4 is 39.7 Å². The molecule has 0 unspecified atom stereocenters. The second kappa shape index (κ2) is 10.1. The van der Waals surface area contributed by atoms with E-state index in [4.69, 9.17) is 19.4 Å². The van der Waals surface area contributed by atoms with Crippen LogP contribution in [-0.2, 0) is 18.3 Å². The summed E-state index contributed by atoms with van der Waals surface area (Å²) in [7, 11) is 14.8. The van der Waals surface area contributed by atoms with E-state index in [1.165, 1.54) is 50.3 Å². The van der Waals surface area contributed by atoms with Crippen molar-refractivity contribution in [1.29, 1.82) is 0 Å². The van der Waals surface area contributed by atoms with E-state index in [0.29, 0.717) is 0 Å². The molecule has 34 heavy (non-hydrogen) atoms. The number of aryl methyl sites for hydroxylation is 6. The van der Waals surface area contributed by atoms with Crippen LogP contribution in [0, 0.1) is 41.5 Å². The fourth-order valence-corrected chi connectivity index (χ4v) is 10.8. The topological polar surface area (TPSA) is 6.48 Å². The van der Waals surface area contributed by atoms with Crippen molar-refractivity contribution in [3.63, 3.8) is 0 Å². The molecule has 0 aliphatic carbocycles. The van der Waals surface area contributed by atoms with Gasteiger partial charge in [0.15, 0.2) is 0 Å². The molecule has 0 radical (unpaired) electrons. The van der Waals surface area contributed by atoms with Gasteiger partial charge in [-0.2, -0.15) is 0 Å². The number of nitrogens with zero attached hydrogens (tertiary/aromatic N) is 2. The van der Waals surface area contributed by atoms with Gasteiger partial charge in [-0.05, 0) is 0 Å². The summed E-state index contributed by atoms with van der Waals surface area (Å²) in [5.41, 5.74) is 11.3. The van der Waals surface area contributed by atoms with Crippen LogP contribution in [0.15, 0.2) is 54.6 Å². The summed E-state index contributed by atoms with van der Waals surface area (Å²) in [6.45, 7) is 14.8. The fraction of sp³-hybridized carbons (Fsp3) is 0.310. The Hall–Kier alpha value is -1.80. The summed E-state index contributed by atoms with van der Waals surface area (Å²) in [5.74, 6) is 0. The van der Waals surface area contributed by atoms with E-state index in [1.54, 1.807) is 0 Å². The van der Waals surface area contributed by atoms with Crippen LogP contribution in [0.5, 0.6) is 0 Å². The van der Waals surface area contributed by atoms with Crippen LogP contribution in [-0.4, -0.2) is 22.1 Å². The van der Waals surface area contributed by atoms with Gasteiger partial charge in [0.2, 0.25) is 0 Å². The zero-order chi connectivity index (χ0) is 24.6. The Kier molecular flexibility index (Phi) is 7.48. The average Bonchev–Trinajstić information content (AvgIpc) is 3.17. The molecule has 0 bridgehead atoms. The molecule has 1 fully saturated rings. The Morgan fingerprint density at radius 1 is 0.706 bits per heavy atom. The van der Waals surface area contributed by atoms with E-state index < -0.39 is 11.9 Å². The van der Waals surface area contributed by atoms with Gasteiger partial charge >= 0.3 is 216 Å². The SMILES string of the molecule is Cc1cc(C)c(N2CCN(c3c(C)cc(C)cc3C)[C]2=[Ru]([Cl])([Cl])=[CH]Cc2ccccc2)c(C)c1. The monoisotopic (exact) mass is 582 g/mol. The summed E-state index contributed by atoms with van der Waals surface area (Å²) in [6, 6.07) is 19.5. The van der Waals surface area contributed by atoms with E-state index in [0.717, 1.165) is 23.9 Å². The number of benzene rings is 3. The van der Waals surface area contributed by atoms with Crippen molar-refractivity contribution in [2.75, 3.05) is 22.9 Å². The molecule has 1 heterocycles. The van der Waals surface area contributed by atoms with E-state index in [-0.39, 0.29) is 0 Å². The van der Waals surface area contributed by atoms with Gasteiger partial charge in [0.1, 0.15) is 0 Å². The number of hydrogen-bond acceptors (Lipinski definition) is 2. The zero-order valence-electron chi connectivity index (χ0n) is 20.9. The van der Waals surface area contributed by atoms with E-state index >= 15 is 0 Å². The number of halogens is 2. The standard InChI is InChI=1S/C21H26N2.C8H8.2ClH.Ru/c1-14-9-16(3)20(17(4)10-14)22-7-8-23(13-22)21-18(5)11-15(2)12-19(21)6;1-2-8-6-4-3-5-7-8;;;/h9-12H,7-8H2,1-6H3;1,3-7H,2H2;2*1H;/q;;;;+2/p-2. The molecule has 0 spiro atoms. The van der Waals surface area contributed by atoms with Crippen molar-refractivity contribution in [2.45, 2.75) is 48.0 Å². The van der Waals surface area contributed by atoms with Crippen molar-refractivity contribution in [3.8, 4) is 0 Å². The van der Waals surface area contributed by atoms with E-state index in [1.807, 2.05) is 6.07 Å². The first-order valence-electron chi connectivity index (χ1n) is 11.7. The molecule has 2 nitrogen and oxygen atoms in total. The minimum absolute atomic E-state index is 0.767. The van der Waals surface area contributed by atoms with Crippen molar-refractivity contribution in [1.82, 2.24) is 0 Å². The molecular weight excluding hydrogens is 548 g/mol. The molecule has 4 rings (SSSR count). The van der Waals surface area contributed by atoms with Gasteiger partial charge in [-0.15, -0.1) is 0 Å². The molecule has 0 amide bonds. The Bertz CT molecular complexity index is 1230. The summed E-state index contributed by atoms with van der Waals surface area (Å²) in [6.07, 6.45) is 0.767. The van der Waals surface area contributed by atoms with Crippen LogP contribution in [0.25, 0.3) is 0 Å². The van der Waals surface area contributed by atoms with Gasteiger partial charge < -0.3 is 0 Å². The van der Waals surface area contributed by atoms with Crippen LogP contribution in [0.1, 0.15) is 38.9 Å². The molecule has 182 valence electrons. The first-order valence-corrected chi connectivity index (χ1v) is 18.0. The Balaban J connectivity index is 1.95. The molecule has 0 saturated carbocycles. The Labute approximate surface area is 215 Å². The Morgan fingerprint density at radius 2 is 1.12 bits per heavy atom. The third-order valence-electron chi connectivity index (χ3n) is 6.33. The maximum atomic E-state index is 7.41. The molecule has 5 heteroatoms. The molecule has 0 atom stereocenters. The Morgan fingerprint density at radius 3 is 1.53 bits per heavy atom. The average molecular weight is 583 g/mol. The molecular formula is C29H34Cl2N2Ru. The van der Waals surface area contributed by atoms with Gasteiger partial charge in [0, 0.05) is 0 Å². The third-order valence-corrected chi connectivity index (χ3v) is 12.3. The first kappa shape index (κ1) is 25.3. The van der Waals surface area contributed by atoms with Crippen molar-refractivity contribution in [3.05, 3.63) is 93.5 Å². The van der Waals surface area contributed by atoms with Gasteiger partial charge in [0.05, 0.1) is 0 Å². The van der Waals surface area contributed by atoms with Gasteiger partial charge in [-0.25, -0.2) is 0 Å². The third kappa shape index (κ3) is 5.08. The van der Waals surface area contributed by atoms with Gasteiger partial charge in [0.25, 0.3) is 0 Å². The number of rotatable bonds is 4. The predicted octanol–water partition coefficient (Wildman–Crippen LogP) is 7.46. The first-order chi connectivity index (χ1) is 16.1. The zero-order valence-corrected chi connectivity index (χ0v) is 24.1. The van der Waals surface area contributed by atoms with Crippen LogP contribution < -0.4 is 9.80 Å². The summed E-state index contributed by atoms with van der Waals surface area (Å²) < 4.78 is 3.29. The molecule has 3 aromatic carbocycles. The number of hydrogen-bond donors (Lipinski definition) is 0. The molecule has 1 aliphatic heterocycles. The van der Waals surface area contributed by atoms with Crippen LogP contribution in [0.2, 0.25) is 0 Å².